The number of hydrogen-bond acceptors (Lipinski definition) is 0. The molecule has 0 N–H and O–H groups in total. The van der Waals surface area contributed by atoms with Crippen LogP contribution in [-0.4, -0.2) is 0 Å². The lowest BCUT2D eigenvalue weighted by molar-refractivity contribution is -0.161. The Hall–Kier alpha value is -0.770. The second kappa shape index (κ2) is 3.67. The van der Waals surface area contributed by atoms with Crippen LogP contribution in [0, 0.1) is 0 Å². The predicted octanol–water partition coefficient (Wildman–Crippen LogP) is 3.22. The molecule has 0 aromatic heterocycles. The molecule has 15 heavy (non-hydrogen) atoms. The Balaban J connectivity index is 3.48. The maximum atomic E-state index is 12.3. The van der Waals surface area contributed by atoms with Gasteiger partial charge in [-0.1, -0.05) is 12.1 Å². The summed E-state index contributed by atoms with van der Waals surface area (Å²) in [7, 11) is 1.65. The van der Waals surface area contributed by atoms with E-state index in [1.165, 1.54) is 0 Å². The number of alkyl halides is 6. The normalized spacial score (nSPS) is 13.0. The van der Waals surface area contributed by atoms with Crippen molar-refractivity contribution < 1.29 is 26.3 Å². The van der Waals surface area contributed by atoms with Gasteiger partial charge in [0, 0.05) is 0 Å². The van der Waals surface area contributed by atoms with Crippen molar-refractivity contribution in [2.24, 2.45) is 0 Å². The van der Waals surface area contributed by atoms with Crippen molar-refractivity contribution in [2.75, 3.05) is 0 Å². The van der Waals surface area contributed by atoms with Crippen molar-refractivity contribution >= 4 is 14.5 Å². The number of benzene rings is 1. The monoisotopic (exact) mass is 246 g/mol. The van der Waals surface area contributed by atoms with Gasteiger partial charge < -0.3 is 0 Å². The highest BCUT2D eigenvalue weighted by Gasteiger charge is 2.43. The third-order valence-corrected chi connectivity index (χ3v) is 2.17. The summed E-state index contributed by atoms with van der Waals surface area (Å²) in [4.78, 5) is 0. The molecule has 1 rings (SSSR count). The summed E-state index contributed by atoms with van der Waals surface area (Å²) >= 11 is 0. The highest BCUT2D eigenvalue weighted by atomic mass is 31.0. The molecule has 0 spiro atoms. The molecule has 1 aromatic rings. The van der Waals surface area contributed by atoms with Crippen LogP contribution in [-0.2, 0) is 12.4 Å². The first kappa shape index (κ1) is 12.3. The van der Waals surface area contributed by atoms with E-state index in [2.05, 4.69) is 0 Å². The average Bonchev–Trinajstić information content (AvgIpc) is 1.99. The number of rotatable bonds is 0. The molecule has 0 saturated carbocycles. The minimum atomic E-state index is -5.01. The second-order valence-corrected chi connectivity index (χ2v) is 3.39. The van der Waals surface area contributed by atoms with E-state index in [-0.39, 0.29) is 0 Å². The molecular formula is C8H5F6P. The zero-order valence-electron chi connectivity index (χ0n) is 7.08. The zero-order valence-corrected chi connectivity index (χ0v) is 8.23. The Bertz CT molecular complexity index is 364. The lowest BCUT2D eigenvalue weighted by Crippen LogP contribution is -2.22. The molecule has 1 atom stereocenters. The first-order chi connectivity index (χ1) is 6.64. The molecule has 1 unspecified atom stereocenters. The van der Waals surface area contributed by atoms with Gasteiger partial charge in [-0.05, 0) is 11.4 Å². The molecule has 0 aliphatic rings. The Morgan fingerprint density at radius 1 is 0.867 bits per heavy atom. The van der Waals surface area contributed by atoms with E-state index < -0.39 is 28.8 Å². The Labute approximate surface area is 83.5 Å². The van der Waals surface area contributed by atoms with Crippen molar-refractivity contribution in [3.63, 3.8) is 0 Å². The fraction of sp³-hybridized carbons (Fsp3) is 0.250. The molecule has 0 amide bonds. The molecule has 0 aliphatic heterocycles. The number of hydrogen-bond donors (Lipinski definition) is 0. The van der Waals surface area contributed by atoms with Crippen LogP contribution in [0.4, 0.5) is 26.3 Å². The van der Waals surface area contributed by atoms with Gasteiger partial charge in [-0.25, -0.2) is 0 Å². The number of halogens is 6. The molecular weight excluding hydrogens is 241 g/mol. The molecule has 84 valence electrons. The summed E-state index contributed by atoms with van der Waals surface area (Å²) in [5, 5.41) is -0.516. The van der Waals surface area contributed by atoms with Crippen LogP contribution in [0.5, 0.6) is 0 Å². The molecule has 7 heteroatoms. The van der Waals surface area contributed by atoms with Gasteiger partial charge in [0.2, 0.25) is 0 Å². The summed E-state index contributed by atoms with van der Waals surface area (Å²) in [6.07, 6.45) is -10.0. The van der Waals surface area contributed by atoms with Gasteiger partial charge in [-0.15, -0.1) is 9.24 Å². The molecule has 0 fully saturated rings. The largest absolute Gasteiger partial charge is 0.417 e. The van der Waals surface area contributed by atoms with Gasteiger partial charge in [0.1, 0.15) is 0 Å². The van der Waals surface area contributed by atoms with Crippen molar-refractivity contribution in [1.82, 2.24) is 0 Å². The van der Waals surface area contributed by atoms with Gasteiger partial charge in [0.15, 0.2) is 0 Å². The maximum absolute atomic E-state index is 12.3. The van der Waals surface area contributed by atoms with Crippen LogP contribution in [0.3, 0.4) is 0 Å². The Morgan fingerprint density at radius 2 is 1.40 bits per heavy atom. The fourth-order valence-electron chi connectivity index (χ4n) is 1.12. The molecule has 0 aliphatic carbocycles. The summed E-state index contributed by atoms with van der Waals surface area (Å²) in [6.45, 7) is 0. The van der Waals surface area contributed by atoms with Crippen LogP contribution in [0.1, 0.15) is 11.1 Å². The van der Waals surface area contributed by atoms with Crippen LogP contribution in [0.2, 0.25) is 0 Å². The molecule has 0 bridgehead atoms. The van der Waals surface area contributed by atoms with E-state index in [4.69, 9.17) is 0 Å². The van der Waals surface area contributed by atoms with Crippen LogP contribution in [0.15, 0.2) is 18.2 Å². The SMILES string of the molecule is FC(F)(F)c1cccc(P)c1C(F)(F)F. The standard InChI is InChI=1S/C8H5F6P/c9-7(10,11)4-2-1-3-5(15)6(4)8(12,13)14/h1-3H,15H2. The highest BCUT2D eigenvalue weighted by Crippen LogP contribution is 2.39. The summed E-state index contributed by atoms with van der Waals surface area (Å²) < 4.78 is 73.7. The van der Waals surface area contributed by atoms with Crippen molar-refractivity contribution in [2.45, 2.75) is 12.4 Å². The predicted molar refractivity (Wildman–Crippen MR) is 45.8 cm³/mol. The van der Waals surface area contributed by atoms with Crippen molar-refractivity contribution in [3.05, 3.63) is 29.3 Å². The summed E-state index contributed by atoms with van der Waals surface area (Å²) in [6, 6.07) is 2.31. The van der Waals surface area contributed by atoms with Gasteiger partial charge >= 0.3 is 12.4 Å². The molecule has 0 nitrogen and oxygen atoms in total. The smallest absolute Gasteiger partial charge is 0.166 e. The minimum absolute atomic E-state index is 0.413. The molecule has 1 aromatic carbocycles. The molecule has 0 radical (unpaired) electrons. The van der Waals surface area contributed by atoms with Crippen LogP contribution >= 0.6 is 9.24 Å². The summed E-state index contributed by atoms with van der Waals surface area (Å²) in [5.41, 5.74) is -3.31. The molecule has 0 heterocycles. The topological polar surface area (TPSA) is 0 Å². The first-order valence-electron chi connectivity index (χ1n) is 3.67. The highest BCUT2D eigenvalue weighted by molar-refractivity contribution is 7.27. The maximum Gasteiger partial charge on any atom is 0.417 e. The van der Waals surface area contributed by atoms with Crippen LogP contribution in [0.25, 0.3) is 0 Å². The third-order valence-electron chi connectivity index (χ3n) is 1.69. The summed E-state index contributed by atoms with van der Waals surface area (Å²) in [5.74, 6) is 0. The van der Waals surface area contributed by atoms with Crippen molar-refractivity contribution in [3.8, 4) is 0 Å². The van der Waals surface area contributed by atoms with Gasteiger partial charge in [0.25, 0.3) is 0 Å². The Kier molecular flexibility index (Phi) is 3.01. The third kappa shape index (κ3) is 2.62. The first-order valence-corrected chi connectivity index (χ1v) is 4.24. The van der Waals surface area contributed by atoms with E-state index in [1.54, 1.807) is 9.24 Å². The quantitative estimate of drug-likeness (QED) is 0.487. The Morgan fingerprint density at radius 3 is 1.73 bits per heavy atom. The van der Waals surface area contributed by atoms with Gasteiger partial charge in [-0.2, -0.15) is 26.3 Å². The van der Waals surface area contributed by atoms with Gasteiger partial charge in [-0.3, -0.25) is 0 Å². The van der Waals surface area contributed by atoms with E-state index >= 15 is 0 Å². The lowest BCUT2D eigenvalue weighted by Gasteiger charge is -2.16. The van der Waals surface area contributed by atoms with E-state index in [0.717, 1.165) is 12.1 Å². The van der Waals surface area contributed by atoms with E-state index in [0.29, 0.717) is 6.07 Å². The van der Waals surface area contributed by atoms with Crippen LogP contribution < -0.4 is 5.30 Å². The minimum Gasteiger partial charge on any atom is -0.166 e. The molecule has 0 saturated heterocycles. The van der Waals surface area contributed by atoms with E-state index in [1.807, 2.05) is 0 Å². The lowest BCUT2D eigenvalue weighted by atomic mass is 10.1. The fourth-order valence-corrected chi connectivity index (χ4v) is 1.55. The van der Waals surface area contributed by atoms with E-state index in [9.17, 15) is 26.3 Å². The zero-order chi connectivity index (χ0) is 11.9. The van der Waals surface area contributed by atoms with Gasteiger partial charge in [0.05, 0.1) is 11.1 Å². The average molecular weight is 246 g/mol. The second-order valence-electron chi connectivity index (χ2n) is 2.77. The van der Waals surface area contributed by atoms with Crippen molar-refractivity contribution in [1.29, 1.82) is 0 Å².